The zero-order valence-electron chi connectivity index (χ0n) is 14.2. The van der Waals surface area contributed by atoms with Crippen LogP contribution in [0.3, 0.4) is 0 Å². The van der Waals surface area contributed by atoms with Crippen LogP contribution >= 0.6 is 23.2 Å². The van der Waals surface area contributed by atoms with Crippen LogP contribution in [0.15, 0.2) is 53.4 Å². The number of sulfonamides is 1. The summed E-state index contributed by atoms with van der Waals surface area (Å²) >= 11 is 12.0. The predicted molar refractivity (Wildman–Crippen MR) is 104 cm³/mol. The highest BCUT2D eigenvalue weighted by atomic mass is 35.5. The summed E-state index contributed by atoms with van der Waals surface area (Å²) in [6.07, 6.45) is 0.392. The summed E-state index contributed by atoms with van der Waals surface area (Å²) in [5.74, 6) is -0.268. The van der Waals surface area contributed by atoms with Crippen molar-refractivity contribution in [2.45, 2.75) is 29.5 Å². The Labute approximate surface area is 162 Å². The average molecular weight is 413 g/mol. The molecule has 0 radical (unpaired) electrons. The van der Waals surface area contributed by atoms with E-state index in [1.165, 1.54) is 0 Å². The standard InChI is InChI=1S/C18H18Cl2N2O3S/c1-12-3-9-15(10-4-12)26(24,25)22-14-7-5-13(6-8-14)21-16(23)17(2)11-18(17,19)20/h3-10,22H,11H2,1-2H3,(H,21,23). The molecule has 1 amide bonds. The van der Waals surface area contributed by atoms with Crippen LogP contribution in [-0.4, -0.2) is 18.7 Å². The van der Waals surface area contributed by atoms with Crippen LogP contribution < -0.4 is 10.0 Å². The molecule has 0 aromatic heterocycles. The second kappa shape index (κ2) is 6.44. The molecule has 0 spiro atoms. The highest BCUT2D eigenvalue weighted by Gasteiger charge is 2.67. The molecule has 1 fully saturated rings. The van der Waals surface area contributed by atoms with Gasteiger partial charge < -0.3 is 5.32 Å². The van der Waals surface area contributed by atoms with Gasteiger partial charge in [0.05, 0.1) is 10.3 Å². The highest BCUT2D eigenvalue weighted by Crippen LogP contribution is 2.64. The first-order valence-corrected chi connectivity index (χ1v) is 10.2. The number of anilines is 2. The van der Waals surface area contributed by atoms with Crippen molar-refractivity contribution in [3.63, 3.8) is 0 Å². The number of carbonyl (C=O) groups excluding carboxylic acids is 1. The van der Waals surface area contributed by atoms with Gasteiger partial charge in [0.25, 0.3) is 10.0 Å². The van der Waals surface area contributed by atoms with Crippen molar-refractivity contribution >= 4 is 50.5 Å². The molecular formula is C18H18Cl2N2O3S. The lowest BCUT2D eigenvalue weighted by Gasteiger charge is -2.13. The highest BCUT2D eigenvalue weighted by molar-refractivity contribution is 7.92. The molecular weight excluding hydrogens is 395 g/mol. The number of aryl methyl sites for hydroxylation is 1. The van der Waals surface area contributed by atoms with Crippen molar-refractivity contribution in [1.82, 2.24) is 0 Å². The van der Waals surface area contributed by atoms with Crippen LogP contribution in [0.5, 0.6) is 0 Å². The number of amides is 1. The van der Waals surface area contributed by atoms with Gasteiger partial charge in [0.15, 0.2) is 0 Å². The van der Waals surface area contributed by atoms with Gasteiger partial charge in [0, 0.05) is 11.4 Å². The Bertz CT molecular complexity index is 941. The molecule has 0 heterocycles. The third-order valence-electron chi connectivity index (χ3n) is 4.49. The van der Waals surface area contributed by atoms with Gasteiger partial charge in [-0.3, -0.25) is 9.52 Å². The van der Waals surface area contributed by atoms with E-state index in [2.05, 4.69) is 10.0 Å². The largest absolute Gasteiger partial charge is 0.326 e. The fraction of sp³-hybridized carbons (Fsp3) is 0.278. The Morgan fingerprint density at radius 3 is 2.00 bits per heavy atom. The van der Waals surface area contributed by atoms with Gasteiger partial charge in [-0.2, -0.15) is 0 Å². The maximum Gasteiger partial charge on any atom is 0.261 e. The molecule has 1 atom stereocenters. The van der Waals surface area contributed by atoms with Gasteiger partial charge in [0.1, 0.15) is 4.33 Å². The SMILES string of the molecule is Cc1ccc(S(=O)(=O)Nc2ccc(NC(=O)C3(C)CC3(Cl)Cl)cc2)cc1. The molecule has 26 heavy (non-hydrogen) atoms. The fourth-order valence-corrected chi connectivity index (χ4v) is 4.23. The number of carbonyl (C=O) groups is 1. The monoisotopic (exact) mass is 412 g/mol. The molecule has 5 nitrogen and oxygen atoms in total. The number of benzene rings is 2. The number of nitrogens with one attached hydrogen (secondary N) is 2. The molecule has 138 valence electrons. The Morgan fingerprint density at radius 1 is 1.00 bits per heavy atom. The van der Waals surface area contributed by atoms with Crippen molar-refractivity contribution in [1.29, 1.82) is 0 Å². The van der Waals surface area contributed by atoms with Crippen molar-refractivity contribution in [3.8, 4) is 0 Å². The van der Waals surface area contributed by atoms with Crippen molar-refractivity contribution in [3.05, 3.63) is 54.1 Å². The van der Waals surface area contributed by atoms with E-state index in [-0.39, 0.29) is 10.8 Å². The van der Waals surface area contributed by atoms with Crippen LogP contribution in [0.25, 0.3) is 0 Å². The zero-order chi connectivity index (χ0) is 19.2. The molecule has 2 aromatic rings. The smallest absolute Gasteiger partial charge is 0.261 e. The first-order valence-electron chi connectivity index (χ1n) is 7.92. The zero-order valence-corrected chi connectivity index (χ0v) is 16.5. The first kappa shape index (κ1) is 19.0. The summed E-state index contributed by atoms with van der Waals surface area (Å²) in [4.78, 5) is 12.4. The van der Waals surface area contributed by atoms with Crippen LogP contribution in [-0.2, 0) is 14.8 Å². The molecule has 0 bridgehead atoms. The molecule has 2 N–H and O–H groups in total. The van der Waals surface area contributed by atoms with Gasteiger partial charge in [-0.25, -0.2) is 8.42 Å². The lowest BCUT2D eigenvalue weighted by Crippen LogP contribution is -2.25. The van der Waals surface area contributed by atoms with E-state index in [0.717, 1.165) is 5.56 Å². The van der Waals surface area contributed by atoms with Gasteiger partial charge >= 0.3 is 0 Å². The fourth-order valence-electron chi connectivity index (χ4n) is 2.47. The summed E-state index contributed by atoms with van der Waals surface area (Å²) in [5, 5.41) is 2.74. The van der Waals surface area contributed by atoms with E-state index in [1.54, 1.807) is 55.5 Å². The summed E-state index contributed by atoms with van der Waals surface area (Å²) in [6, 6.07) is 12.9. The van der Waals surface area contributed by atoms with Crippen LogP contribution in [0, 0.1) is 12.3 Å². The van der Waals surface area contributed by atoms with Crippen LogP contribution in [0.1, 0.15) is 18.9 Å². The minimum atomic E-state index is -3.67. The summed E-state index contributed by atoms with van der Waals surface area (Å²) < 4.78 is 26.2. The van der Waals surface area contributed by atoms with Gasteiger partial charge in [-0.05, 0) is 56.7 Å². The number of hydrogen-bond acceptors (Lipinski definition) is 3. The second-order valence-electron chi connectivity index (χ2n) is 6.66. The number of alkyl halides is 2. The van der Waals surface area contributed by atoms with E-state index >= 15 is 0 Å². The van der Waals surface area contributed by atoms with Crippen molar-refractivity contribution < 1.29 is 13.2 Å². The van der Waals surface area contributed by atoms with E-state index < -0.39 is 19.8 Å². The Hall–Kier alpha value is -1.76. The molecule has 1 unspecified atom stereocenters. The minimum absolute atomic E-state index is 0.183. The summed E-state index contributed by atoms with van der Waals surface area (Å²) in [7, 11) is -3.67. The maximum absolute atomic E-state index is 12.4. The van der Waals surface area contributed by atoms with E-state index in [1.807, 2.05) is 6.92 Å². The maximum atomic E-state index is 12.4. The molecule has 3 rings (SSSR count). The minimum Gasteiger partial charge on any atom is -0.326 e. The predicted octanol–water partition coefficient (Wildman–Crippen LogP) is 4.32. The van der Waals surface area contributed by atoms with E-state index in [9.17, 15) is 13.2 Å². The number of rotatable bonds is 5. The molecule has 0 saturated heterocycles. The Morgan fingerprint density at radius 2 is 1.50 bits per heavy atom. The first-order chi connectivity index (χ1) is 12.0. The van der Waals surface area contributed by atoms with Gasteiger partial charge in [-0.15, -0.1) is 23.2 Å². The molecule has 1 aliphatic carbocycles. The Kier molecular flexibility index (Phi) is 4.71. The van der Waals surface area contributed by atoms with E-state index in [0.29, 0.717) is 17.8 Å². The molecule has 2 aromatic carbocycles. The number of halogens is 2. The summed E-state index contributed by atoms with van der Waals surface area (Å²) in [6.45, 7) is 3.59. The average Bonchev–Trinajstić information content (AvgIpc) is 3.09. The normalized spacial score (nSPS) is 21.1. The molecule has 8 heteroatoms. The van der Waals surface area contributed by atoms with Crippen LogP contribution in [0.4, 0.5) is 11.4 Å². The second-order valence-corrected chi connectivity index (χ2v) is 9.83. The molecule has 1 aliphatic rings. The Balaban J connectivity index is 1.68. The summed E-state index contributed by atoms with van der Waals surface area (Å²) in [5.41, 5.74) is 1.09. The van der Waals surface area contributed by atoms with E-state index in [4.69, 9.17) is 23.2 Å². The van der Waals surface area contributed by atoms with Gasteiger partial charge in [-0.1, -0.05) is 17.7 Å². The van der Waals surface area contributed by atoms with Crippen LogP contribution in [0.2, 0.25) is 0 Å². The lowest BCUT2D eigenvalue weighted by atomic mass is 10.1. The van der Waals surface area contributed by atoms with Crippen molar-refractivity contribution in [2.24, 2.45) is 5.41 Å². The third-order valence-corrected chi connectivity index (χ3v) is 6.98. The molecule has 0 aliphatic heterocycles. The van der Waals surface area contributed by atoms with Gasteiger partial charge in [0.2, 0.25) is 5.91 Å². The quantitative estimate of drug-likeness (QED) is 0.717. The topological polar surface area (TPSA) is 75.3 Å². The lowest BCUT2D eigenvalue weighted by molar-refractivity contribution is -0.120. The number of hydrogen-bond donors (Lipinski definition) is 2. The van der Waals surface area contributed by atoms with Crippen molar-refractivity contribution in [2.75, 3.05) is 10.0 Å². The third kappa shape index (κ3) is 3.68. The molecule has 1 saturated carbocycles.